The number of ether oxygens (including phenoxy) is 2. The fraction of sp³-hybridized carbons (Fsp3) is 0.486. The molecule has 0 spiro atoms. The molecule has 3 N–H and O–H groups in total. The van der Waals surface area contributed by atoms with Crippen molar-refractivity contribution in [1.82, 2.24) is 0 Å². The average molecular weight is 602 g/mol. The molecule has 2 aromatic rings. The molecule has 0 amide bonds. The summed E-state index contributed by atoms with van der Waals surface area (Å²) in [6, 6.07) is 16.2. The molecule has 226 valence electrons. The van der Waals surface area contributed by atoms with E-state index in [1.54, 1.807) is 23.9 Å². The number of carbonyl (C=O) groups is 2. The second-order valence-electron chi connectivity index (χ2n) is 13.3. The summed E-state index contributed by atoms with van der Waals surface area (Å²) in [6.45, 7) is 3.55. The SMILES string of the molecule is CNc1cccc(Sc2ccc([C@@H]3O[C@@H]4C[C@H]5[C@@H]6CCC7=CC(=O)C=C[C@]7(C)[C@H]6[C@@H](O)C[C@]5(C)[C@]4(C(=O)CO)O3)cc2)c1. The lowest BCUT2D eigenvalue weighted by Crippen LogP contribution is -2.63. The minimum atomic E-state index is -1.35. The van der Waals surface area contributed by atoms with E-state index < -0.39 is 41.5 Å². The largest absolute Gasteiger partial charge is 0.393 e. The van der Waals surface area contributed by atoms with E-state index in [9.17, 15) is 19.8 Å². The van der Waals surface area contributed by atoms with Crippen LogP contribution in [-0.2, 0) is 19.1 Å². The molecule has 0 aromatic heterocycles. The standard InChI is InChI=1S/C35H39NO6S/c1-33-14-13-23(38)15-21(33)9-12-26-27-17-30-35(29(40)19-37,34(27,2)18-28(39)31(26)33)42-32(41-30)20-7-10-24(11-8-20)43-25-6-4-5-22(16-25)36-3/h4-8,10-11,13-16,26-28,30-32,36-37,39H,9,12,17-19H2,1-3H3/t26-,27-,28-,30+,31+,32+,33-,34-,35+/m0/s1. The molecule has 1 aliphatic heterocycles. The number of hydrogen-bond donors (Lipinski definition) is 3. The first-order valence-electron chi connectivity index (χ1n) is 15.3. The first-order valence-corrected chi connectivity index (χ1v) is 16.1. The van der Waals surface area contributed by atoms with Crippen LogP contribution >= 0.6 is 11.8 Å². The number of aliphatic hydroxyl groups excluding tert-OH is 2. The van der Waals surface area contributed by atoms with Crippen LogP contribution in [0.5, 0.6) is 0 Å². The van der Waals surface area contributed by atoms with E-state index in [1.807, 2.05) is 49.5 Å². The average Bonchev–Trinajstić information content (AvgIpc) is 3.50. The first kappa shape index (κ1) is 29.0. The first-order chi connectivity index (χ1) is 20.6. The summed E-state index contributed by atoms with van der Waals surface area (Å²) in [5.41, 5.74) is 0.495. The van der Waals surface area contributed by atoms with Crippen LogP contribution in [0.4, 0.5) is 5.69 Å². The summed E-state index contributed by atoms with van der Waals surface area (Å²) in [5, 5.41) is 25.2. The number of benzene rings is 2. The third kappa shape index (κ3) is 4.25. The van der Waals surface area contributed by atoms with Gasteiger partial charge in [0.05, 0.1) is 12.2 Å². The molecule has 2 aromatic carbocycles. The van der Waals surface area contributed by atoms with Crippen LogP contribution in [0, 0.1) is 28.6 Å². The van der Waals surface area contributed by atoms with Crippen molar-refractivity contribution < 1.29 is 29.3 Å². The maximum atomic E-state index is 13.8. The van der Waals surface area contributed by atoms with E-state index in [-0.39, 0.29) is 29.3 Å². The normalized spacial score (nSPS) is 39.4. The van der Waals surface area contributed by atoms with Crippen molar-refractivity contribution in [3.05, 3.63) is 77.9 Å². The molecule has 0 unspecified atom stereocenters. The number of allylic oxidation sites excluding steroid dienone is 4. The Balaban J connectivity index is 1.16. The summed E-state index contributed by atoms with van der Waals surface area (Å²) in [4.78, 5) is 28.1. The molecule has 43 heavy (non-hydrogen) atoms. The lowest BCUT2D eigenvalue weighted by molar-refractivity contribution is -0.201. The van der Waals surface area contributed by atoms with Gasteiger partial charge in [0.2, 0.25) is 0 Å². The van der Waals surface area contributed by atoms with E-state index in [2.05, 4.69) is 31.3 Å². The molecule has 3 saturated carbocycles. The molecule has 0 radical (unpaired) electrons. The Bertz CT molecular complexity index is 1520. The van der Waals surface area contributed by atoms with E-state index >= 15 is 0 Å². The summed E-state index contributed by atoms with van der Waals surface area (Å²) >= 11 is 1.66. The minimum Gasteiger partial charge on any atom is -0.393 e. The van der Waals surface area contributed by atoms with Gasteiger partial charge < -0.3 is 25.0 Å². The monoisotopic (exact) mass is 601 g/mol. The molecule has 7 rings (SSSR count). The van der Waals surface area contributed by atoms with E-state index in [4.69, 9.17) is 9.47 Å². The smallest absolute Gasteiger partial charge is 0.193 e. The molecule has 1 heterocycles. The van der Waals surface area contributed by atoms with Gasteiger partial charge in [-0.25, -0.2) is 0 Å². The number of aliphatic hydroxyl groups is 2. The molecular weight excluding hydrogens is 562 g/mol. The third-order valence-corrected chi connectivity index (χ3v) is 12.3. The number of ketones is 2. The predicted molar refractivity (Wildman–Crippen MR) is 163 cm³/mol. The maximum absolute atomic E-state index is 13.8. The van der Waals surface area contributed by atoms with Gasteiger partial charge in [-0.1, -0.05) is 55.5 Å². The fourth-order valence-electron chi connectivity index (χ4n) is 9.38. The van der Waals surface area contributed by atoms with Gasteiger partial charge in [0, 0.05) is 44.8 Å². The van der Waals surface area contributed by atoms with Gasteiger partial charge in [-0.2, -0.15) is 0 Å². The van der Waals surface area contributed by atoms with Crippen molar-refractivity contribution in [2.45, 2.75) is 73.4 Å². The van der Waals surface area contributed by atoms with Gasteiger partial charge >= 0.3 is 0 Å². The van der Waals surface area contributed by atoms with Gasteiger partial charge in [-0.05, 0) is 80.0 Å². The summed E-state index contributed by atoms with van der Waals surface area (Å²) in [5.74, 6) is -0.237. The molecular formula is C35H39NO6S. The Morgan fingerprint density at radius 2 is 1.93 bits per heavy atom. The summed E-state index contributed by atoms with van der Waals surface area (Å²) in [7, 11) is 1.90. The number of rotatable bonds is 6. The van der Waals surface area contributed by atoms with Crippen LogP contribution in [-0.4, -0.2) is 53.2 Å². The van der Waals surface area contributed by atoms with Crippen molar-refractivity contribution >= 4 is 29.0 Å². The summed E-state index contributed by atoms with van der Waals surface area (Å²) in [6.07, 6.45) is 6.01. The quantitative estimate of drug-likeness (QED) is 0.400. The topological polar surface area (TPSA) is 105 Å². The van der Waals surface area contributed by atoms with Crippen molar-refractivity contribution in [2.75, 3.05) is 19.0 Å². The highest BCUT2D eigenvalue weighted by molar-refractivity contribution is 7.99. The lowest BCUT2D eigenvalue weighted by atomic mass is 9.46. The number of anilines is 1. The van der Waals surface area contributed by atoms with Crippen LogP contribution in [0.2, 0.25) is 0 Å². The number of fused-ring (bicyclic) bond motifs is 7. The van der Waals surface area contributed by atoms with E-state index in [0.717, 1.165) is 39.5 Å². The van der Waals surface area contributed by atoms with Crippen LogP contribution in [0.15, 0.2) is 82.1 Å². The Labute approximate surface area is 256 Å². The molecule has 8 heteroatoms. The fourth-order valence-corrected chi connectivity index (χ4v) is 10.3. The van der Waals surface area contributed by atoms with Crippen molar-refractivity contribution in [1.29, 1.82) is 0 Å². The molecule has 9 atom stereocenters. The van der Waals surface area contributed by atoms with Gasteiger partial charge in [0.1, 0.15) is 6.61 Å². The number of carbonyl (C=O) groups excluding carboxylic acids is 2. The van der Waals surface area contributed by atoms with Crippen LogP contribution in [0.3, 0.4) is 0 Å². The zero-order valence-corrected chi connectivity index (χ0v) is 25.6. The lowest BCUT2D eigenvalue weighted by Gasteiger charge is -2.59. The van der Waals surface area contributed by atoms with Crippen molar-refractivity contribution in [3.63, 3.8) is 0 Å². The minimum absolute atomic E-state index is 0.00595. The zero-order valence-electron chi connectivity index (χ0n) is 24.8. The maximum Gasteiger partial charge on any atom is 0.193 e. The zero-order chi connectivity index (χ0) is 30.1. The second kappa shape index (κ2) is 10.4. The van der Waals surface area contributed by atoms with Gasteiger partial charge in [-0.3, -0.25) is 9.59 Å². The molecule has 5 aliphatic rings. The molecule has 1 saturated heterocycles. The van der Waals surface area contributed by atoms with E-state index in [1.165, 1.54) is 0 Å². The van der Waals surface area contributed by atoms with Crippen LogP contribution in [0.1, 0.15) is 51.4 Å². The van der Waals surface area contributed by atoms with Crippen molar-refractivity contribution in [3.8, 4) is 0 Å². The van der Waals surface area contributed by atoms with Crippen LogP contribution < -0.4 is 5.32 Å². The second-order valence-corrected chi connectivity index (χ2v) is 14.4. The predicted octanol–water partition coefficient (Wildman–Crippen LogP) is 5.48. The molecule has 4 fully saturated rings. The van der Waals surface area contributed by atoms with E-state index in [0.29, 0.717) is 12.8 Å². The number of nitrogens with one attached hydrogen (secondary N) is 1. The highest BCUT2D eigenvalue weighted by Crippen LogP contribution is 2.70. The number of Topliss-reactive ketones (excluding diaryl/α,β-unsaturated/α-hetero) is 1. The highest BCUT2D eigenvalue weighted by atomic mass is 32.2. The van der Waals surface area contributed by atoms with Gasteiger partial charge in [-0.15, -0.1) is 0 Å². The van der Waals surface area contributed by atoms with Gasteiger partial charge in [0.15, 0.2) is 23.5 Å². The Morgan fingerprint density at radius 3 is 2.67 bits per heavy atom. The van der Waals surface area contributed by atoms with Gasteiger partial charge in [0.25, 0.3) is 0 Å². The van der Waals surface area contributed by atoms with Crippen LogP contribution in [0.25, 0.3) is 0 Å². The summed E-state index contributed by atoms with van der Waals surface area (Å²) < 4.78 is 13.3. The third-order valence-electron chi connectivity index (χ3n) is 11.3. The molecule has 7 nitrogen and oxygen atoms in total. The highest BCUT2D eigenvalue weighted by Gasteiger charge is 2.75. The molecule has 4 aliphatic carbocycles. The Hall–Kier alpha value is -2.75. The Kier molecular flexibility index (Phi) is 7.02. The van der Waals surface area contributed by atoms with Crippen molar-refractivity contribution in [2.24, 2.45) is 28.6 Å². The number of hydrogen-bond acceptors (Lipinski definition) is 8. The molecule has 0 bridgehead atoms. The Morgan fingerprint density at radius 1 is 1.14 bits per heavy atom.